The van der Waals surface area contributed by atoms with Gasteiger partial charge in [-0.1, -0.05) is 0 Å². The van der Waals surface area contributed by atoms with E-state index < -0.39 is 0 Å². The molecule has 0 bridgehead atoms. The highest BCUT2D eigenvalue weighted by Crippen LogP contribution is 2.37. The van der Waals surface area contributed by atoms with Gasteiger partial charge in [0.2, 0.25) is 0 Å². The summed E-state index contributed by atoms with van der Waals surface area (Å²) in [6, 6.07) is 4.46. The summed E-state index contributed by atoms with van der Waals surface area (Å²) in [4.78, 5) is 3.61. The summed E-state index contributed by atoms with van der Waals surface area (Å²) in [5, 5.41) is 14.6. The molecule has 5 rings (SSSR count). The van der Waals surface area contributed by atoms with Gasteiger partial charge in [-0.05, 0) is 43.9 Å². The molecular weight excluding hydrogens is 274 g/mol. The number of fused-ring (bicyclic) bond motifs is 6. The van der Waals surface area contributed by atoms with Crippen LogP contribution in [0, 0.1) is 6.92 Å². The van der Waals surface area contributed by atoms with Gasteiger partial charge in [0.25, 0.3) is 0 Å². The lowest BCUT2D eigenvalue weighted by molar-refractivity contribution is 0.797. The number of benzene rings is 1. The molecule has 1 aliphatic carbocycles. The van der Waals surface area contributed by atoms with Crippen LogP contribution >= 0.6 is 0 Å². The lowest BCUT2D eigenvalue weighted by Crippen LogP contribution is -1.89. The van der Waals surface area contributed by atoms with E-state index in [0.29, 0.717) is 0 Å². The van der Waals surface area contributed by atoms with Crippen molar-refractivity contribution in [3.05, 3.63) is 35.2 Å². The van der Waals surface area contributed by atoms with Gasteiger partial charge in [0.15, 0.2) is 0 Å². The van der Waals surface area contributed by atoms with E-state index in [1.54, 1.807) is 0 Å². The number of nitrogens with one attached hydrogen (secondary N) is 2. The van der Waals surface area contributed by atoms with Crippen LogP contribution in [0.4, 0.5) is 0 Å². The van der Waals surface area contributed by atoms with Crippen LogP contribution in [0.5, 0.6) is 0 Å². The van der Waals surface area contributed by atoms with Crippen LogP contribution in [0.2, 0.25) is 0 Å². The van der Waals surface area contributed by atoms with Gasteiger partial charge in [-0.2, -0.15) is 10.2 Å². The normalized spacial score (nSPS) is 14.3. The summed E-state index contributed by atoms with van der Waals surface area (Å²) in [6.45, 7) is 2.11. The highest BCUT2D eigenvalue weighted by molar-refractivity contribution is 6.00. The van der Waals surface area contributed by atoms with Crippen molar-refractivity contribution in [1.82, 2.24) is 25.0 Å². The first-order chi connectivity index (χ1) is 10.7. The molecule has 0 spiro atoms. The number of rotatable bonds is 0. The Morgan fingerprint density at radius 1 is 1.18 bits per heavy atom. The molecule has 0 fully saturated rings. The van der Waals surface area contributed by atoms with Crippen molar-refractivity contribution in [3.63, 3.8) is 0 Å². The fourth-order valence-corrected chi connectivity index (χ4v) is 3.77. The molecule has 0 atom stereocenters. The van der Waals surface area contributed by atoms with Gasteiger partial charge in [-0.25, -0.2) is 0 Å². The Labute approximate surface area is 127 Å². The third-order valence-corrected chi connectivity index (χ3v) is 4.94. The molecule has 3 aromatic heterocycles. The maximum atomic E-state index is 4.55. The minimum atomic E-state index is 1.09. The standard InChI is InChI=1S/C17H17N5/c1-9-11-4-3-5-12-13-6-10-8-18-22(2)15(10)7-14(13)19-16(12)17(11)21-20-9/h6-8,19H,3-5H2,1-2H3,(H,20,21). The molecule has 0 amide bonds. The van der Waals surface area contributed by atoms with Crippen LogP contribution in [-0.4, -0.2) is 25.0 Å². The fraction of sp³-hybridized carbons (Fsp3) is 0.294. The summed E-state index contributed by atoms with van der Waals surface area (Å²) >= 11 is 0. The molecule has 1 aromatic carbocycles. The number of aromatic amines is 2. The Bertz CT molecular complexity index is 1030. The smallest absolute Gasteiger partial charge is 0.112 e. The molecule has 0 saturated carbocycles. The van der Waals surface area contributed by atoms with Crippen molar-refractivity contribution in [3.8, 4) is 11.4 Å². The summed E-state index contributed by atoms with van der Waals surface area (Å²) in [5.41, 5.74) is 8.56. The third kappa shape index (κ3) is 1.43. The van der Waals surface area contributed by atoms with Crippen LogP contribution in [0.1, 0.15) is 23.2 Å². The molecular formula is C17H17N5. The molecule has 0 unspecified atom stereocenters. The molecule has 5 nitrogen and oxygen atoms in total. The highest BCUT2D eigenvalue weighted by atomic mass is 15.2. The van der Waals surface area contributed by atoms with Crippen molar-refractivity contribution in [2.45, 2.75) is 26.2 Å². The van der Waals surface area contributed by atoms with Crippen LogP contribution in [0.25, 0.3) is 33.2 Å². The predicted octanol–water partition coefficient (Wildman–Crippen LogP) is 3.24. The Morgan fingerprint density at radius 2 is 2.05 bits per heavy atom. The van der Waals surface area contributed by atoms with Gasteiger partial charge in [0.05, 0.1) is 17.4 Å². The van der Waals surface area contributed by atoms with Crippen molar-refractivity contribution in [1.29, 1.82) is 0 Å². The first-order valence-electron chi connectivity index (χ1n) is 7.73. The summed E-state index contributed by atoms with van der Waals surface area (Å²) in [6.07, 6.45) is 5.29. The molecule has 4 aromatic rings. The van der Waals surface area contributed by atoms with Gasteiger partial charge >= 0.3 is 0 Å². The summed E-state index contributed by atoms with van der Waals surface area (Å²) in [7, 11) is 1.98. The monoisotopic (exact) mass is 291 g/mol. The van der Waals surface area contributed by atoms with Crippen LogP contribution < -0.4 is 0 Å². The summed E-state index contributed by atoms with van der Waals surface area (Å²) in [5.74, 6) is 0. The Hall–Kier alpha value is -2.56. The van der Waals surface area contributed by atoms with E-state index in [2.05, 4.69) is 39.3 Å². The van der Waals surface area contributed by atoms with Gasteiger partial charge in [-0.3, -0.25) is 9.78 Å². The van der Waals surface area contributed by atoms with E-state index in [1.165, 1.54) is 45.2 Å². The fourth-order valence-electron chi connectivity index (χ4n) is 3.77. The zero-order valence-corrected chi connectivity index (χ0v) is 12.7. The van der Waals surface area contributed by atoms with Crippen LogP contribution in [0.3, 0.4) is 0 Å². The van der Waals surface area contributed by atoms with E-state index in [1.807, 2.05) is 17.9 Å². The topological polar surface area (TPSA) is 62.3 Å². The van der Waals surface area contributed by atoms with E-state index in [4.69, 9.17) is 0 Å². The van der Waals surface area contributed by atoms with Crippen molar-refractivity contribution in [2.75, 3.05) is 0 Å². The minimum Gasteiger partial charge on any atom is -0.353 e. The van der Waals surface area contributed by atoms with Gasteiger partial charge in [0.1, 0.15) is 5.69 Å². The number of nitrogens with zero attached hydrogens (tertiary/aromatic N) is 3. The summed E-state index contributed by atoms with van der Waals surface area (Å²) < 4.78 is 1.92. The molecule has 2 N–H and O–H groups in total. The van der Waals surface area contributed by atoms with Gasteiger partial charge < -0.3 is 4.98 Å². The number of aromatic nitrogens is 5. The number of hydrogen-bond acceptors (Lipinski definition) is 2. The van der Waals surface area contributed by atoms with E-state index in [-0.39, 0.29) is 0 Å². The maximum Gasteiger partial charge on any atom is 0.112 e. The van der Waals surface area contributed by atoms with Crippen molar-refractivity contribution >= 4 is 21.8 Å². The first kappa shape index (κ1) is 12.0. The first-order valence-corrected chi connectivity index (χ1v) is 7.73. The SMILES string of the molecule is Cc1[nH]nc2c1CCCc1c-2[nH]c2cc3c(cnn3C)cc12. The van der Waals surface area contributed by atoms with Gasteiger partial charge in [-0.15, -0.1) is 0 Å². The Balaban J connectivity index is 1.88. The quantitative estimate of drug-likeness (QED) is 0.522. The molecule has 0 radical (unpaired) electrons. The predicted molar refractivity (Wildman–Crippen MR) is 86.9 cm³/mol. The van der Waals surface area contributed by atoms with Crippen molar-refractivity contribution in [2.24, 2.45) is 7.05 Å². The third-order valence-electron chi connectivity index (χ3n) is 4.94. The highest BCUT2D eigenvalue weighted by Gasteiger charge is 2.23. The molecule has 3 heterocycles. The second-order valence-corrected chi connectivity index (χ2v) is 6.23. The lowest BCUT2D eigenvalue weighted by Gasteiger charge is -1.99. The molecule has 5 heteroatoms. The second-order valence-electron chi connectivity index (χ2n) is 6.23. The van der Waals surface area contributed by atoms with Gasteiger partial charge in [0, 0.05) is 34.6 Å². The van der Waals surface area contributed by atoms with Crippen molar-refractivity contribution < 1.29 is 0 Å². The average Bonchev–Trinajstić information content (AvgIpc) is 3.12. The zero-order valence-electron chi connectivity index (χ0n) is 12.7. The maximum absolute atomic E-state index is 4.55. The average molecular weight is 291 g/mol. The number of aryl methyl sites for hydroxylation is 3. The Kier molecular flexibility index (Phi) is 2.19. The molecule has 22 heavy (non-hydrogen) atoms. The van der Waals surface area contributed by atoms with E-state index in [0.717, 1.165) is 24.1 Å². The Morgan fingerprint density at radius 3 is 2.95 bits per heavy atom. The van der Waals surface area contributed by atoms with Crippen LogP contribution in [0.15, 0.2) is 18.3 Å². The van der Waals surface area contributed by atoms with Crippen LogP contribution in [-0.2, 0) is 19.9 Å². The molecule has 1 aliphatic rings. The largest absolute Gasteiger partial charge is 0.353 e. The molecule has 110 valence electrons. The number of hydrogen-bond donors (Lipinski definition) is 2. The molecule has 0 aliphatic heterocycles. The van der Waals surface area contributed by atoms with E-state index in [9.17, 15) is 0 Å². The molecule has 0 saturated heterocycles. The lowest BCUT2D eigenvalue weighted by atomic mass is 10.0. The zero-order chi connectivity index (χ0) is 14.8. The number of H-pyrrole nitrogens is 2. The second kappa shape index (κ2) is 4.00. The minimum absolute atomic E-state index is 1.09. The van der Waals surface area contributed by atoms with E-state index >= 15 is 0 Å².